The van der Waals surface area contributed by atoms with Crippen molar-refractivity contribution >= 4 is 34.8 Å². The van der Waals surface area contributed by atoms with Crippen LogP contribution in [0.4, 0.5) is 0 Å². The number of nitrogens with zero attached hydrogens (tertiary/aromatic N) is 3. The van der Waals surface area contributed by atoms with Gasteiger partial charge in [-0.15, -0.1) is 16.4 Å². The SMILES string of the molecule is NC(=O)Cc1ccc(C(=O)CSc2nc(C3CC3)n(-c3ccccc3)n2)s1. The number of Topliss-reactive ketones (excluding diaryl/α,β-unsaturated/α-hetero) is 1. The zero-order valence-corrected chi connectivity index (χ0v) is 16.1. The van der Waals surface area contributed by atoms with Crippen molar-refractivity contribution < 1.29 is 9.59 Å². The Kier molecular flexibility index (Phi) is 5.09. The molecule has 0 spiro atoms. The molecule has 1 aliphatic carbocycles. The van der Waals surface area contributed by atoms with Crippen LogP contribution in [0.3, 0.4) is 0 Å². The van der Waals surface area contributed by atoms with Crippen LogP contribution in [-0.2, 0) is 11.2 Å². The zero-order chi connectivity index (χ0) is 18.8. The first kappa shape index (κ1) is 17.9. The molecule has 3 aromatic rings. The van der Waals surface area contributed by atoms with Gasteiger partial charge in [0.15, 0.2) is 5.78 Å². The van der Waals surface area contributed by atoms with E-state index in [0.717, 1.165) is 29.2 Å². The maximum Gasteiger partial charge on any atom is 0.222 e. The smallest absolute Gasteiger partial charge is 0.222 e. The van der Waals surface area contributed by atoms with Gasteiger partial charge in [0.05, 0.1) is 22.7 Å². The van der Waals surface area contributed by atoms with E-state index in [2.05, 4.69) is 10.1 Å². The third kappa shape index (κ3) is 4.28. The molecule has 2 heterocycles. The van der Waals surface area contributed by atoms with Crippen LogP contribution in [0.1, 0.15) is 39.1 Å². The minimum absolute atomic E-state index is 0.00440. The zero-order valence-electron chi connectivity index (χ0n) is 14.5. The molecule has 1 aliphatic rings. The van der Waals surface area contributed by atoms with Crippen LogP contribution in [0.2, 0.25) is 0 Å². The molecule has 2 N–H and O–H groups in total. The van der Waals surface area contributed by atoms with E-state index in [1.54, 1.807) is 12.1 Å². The molecule has 1 amide bonds. The average molecular weight is 399 g/mol. The van der Waals surface area contributed by atoms with Crippen LogP contribution in [-0.4, -0.2) is 32.2 Å². The van der Waals surface area contributed by atoms with Crippen LogP contribution < -0.4 is 5.73 Å². The van der Waals surface area contributed by atoms with E-state index in [9.17, 15) is 9.59 Å². The number of nitrogens with two attached hydrogens (primary N) is 1. The molecule has 0 atom stereocenters. The Balaban J connectivity index is 1.46. The molecule has 4 rings (SSSR count). The number of carbonyl (C=O) groups excluding carboxylic acids is 2. The van der Waals surface area contributed by atoms with Crippen LogP contribution in [0.15, 0.2) is 47.6 Å². The summed E-state index contributed by atoms with van der Waals surface area (Å²) in [6.45, 7) is 0. The number of aromatic nitrogens is 3. The first-order valence-corrected chi connectivity index (χ1v) is 10.5. The predicted octanol–water partition coefficient (Wildman–Crippen LogP) is 3.21. The Bertz CT molecular complexity index is 977. The molecular weight excluding hydrogens is 380 g/mol. The second kappa shape index (κ2) is 7.66. The highest BCUT2D eigenvalue weighted by molar-refractivity contribution is 7.99. The number of thioether (sulfide) groups is 1. The molecule has 0 saturated heterocycles. The van der Waals surface area contributed by atoms with Gasteiger partial charge >= 0.3 is 0 Å². The van der Waals surface area contributed by atoms with Crippen molar-refractivity contribution in [1.29, 1.82) is 0 Å². The Morgan fingerprint density at radius 1 is 1.19 bits per heavy atom. The first-order chi connectivity index (χ1) is 13.1. The lowest BCUT2D eigenvalue weighted by atomic mass is 10.3. The average Bonchev–Trinajstić information content (AvgIpc) is 3.25. The Morgan fingerprint density at radius 2 is 1.96 bits per heavy atom. The third-order valence-corrected chi connectivity index (χ3v) is 6.14. The van der Waals surface area contributed by atoms with E-state index < -0.39 is 5.91 Å². The molecule has 27 heavy (non-hydrogen) atoms. The lowest BCUT2D eigenvalue weighted by molar-refractivity contribution is -0.117. The monoisotopic (exact) mass is 398 g/mol. The van der Waals surface area contributed by atoms with Gasteiger partial charge in [-0.2, -0.15) is 0 Å². The maximum atomic E-state index is 12.4. The molecule has 6 nitrogen and oxygen atoms in total. The van der Waals surface area contributed by atoms with Crippen molar-refractivity contribution in [3.8, 4) is 5.69 Å². The topological polar surface area (TPSA) is 90.9 Å². The van der Waals surface area contributed by atoms with Gasteiger partial charge in [0, 0.05) is 10.8 Å². The molecule has 138 valence electrons. The van der Waals surface area contributed by atoms with Gasteiger partial charge in [0.25, 0.3) is 0 Å². The van der Waals surface area contributed by atoms with Gasteiger partial charge in [-0.25, -0.2) is 9.67 Å². The van der Waals surface area contributed by atoms with Gasteiger partial charge in [-0.05, 0) is 37.1 Å². The van der Waals surface area contributed by atoms with Gasteiger partial charge in [0.2, 0.25) is 11.1 Å². The van der Waals surface area contributed by atoms with E-state index in [-0.39, 0.29) is 18.0 Å². The van der Waals surface area contributed by atoms with Crippen LogP contribution in [0.5, 0.6) is 0 Å². The van der Waals surface area contributed by atoms with E-state index in [0.29, 0.717) is 16.0 Å². The number of hydrogen-bond donors (Lipinski definition) is 1. The highest BCUT2D eigenvalue weighted by Crippen LogP contribution is 2.40. The van der Waals surface area contributed by atoms with Crippen molar-refractivity contribution in [2.75, 3.05) is 5.75 Å². The predicted molar refractivity (Wildman–Crippen MR) is 106 cm³/mol. The Hall–Kier alpha value is -2.45. The van der Waals surface area contributed by atoms with Crippen molar-refractivity contribution in [3.05, 3.63) is 58.0 Å². The summed E-state index contributed by atoms with van der Waals surface area (Å²) in [5.74, 6) is 1.30. The number of ketones is 1. The molecule has 0 unspecified atom stereocenters. The third-order valence-electron chi connectivity index (χ3n) is 4.17. The Morgan fingerprint density at radius 3 is 2.67 bits per heavy atom. The van der Waals surface area contributed by atoms with E-state index >= 15 is 0 Å². The van der Waals surface area contributed by atoms with Gasteiger partial charge in [0.1, 0.15) is 5.82 Å². The number of para-hydroxylation sites is 1. The van der Waals surface area contributed by atoms with Crippen LogP contribution >= 0.6 is 23.1 Å². The standard InChI is InChI=1S/C19H18N4O2S2/c20-17(25)10-14-8-9-16(27-14)15(24)11-26-19-21-18(12-6-7-12)23(22-19)13-4-2-1-3-5-13/h1-5,8-9,12H,6-7,10-11H2,(H2,20,25). The molecule has 0 aliphatic heterocycles. The molecule has 1 fully saturated rings. The quantitative estimate of drug-likeness (QED) is 0.465. The lowest BCUT2D eigenvalue weighted by Crippen LogP contribution is -2.12. The van der Waals surface area contributed by atoms with Crippen LogP contribution in [0.25, 0.3) is 5.69 Å². The van der Waals surface area contributed by atoms with E-state index in [1.165, 1.54) is 23.1 Å². The highest BCUT2D eigenvalue weighted by atomic mass is 32.2. The first-order valence-electron chi connectivity index (χ1n) is 8.65. The van der Waals surface area contributed by atoms with Crippen molar-refractivity contribution in [2.45, 2.75) is 30.3 Å². The number of rotatable bonds is 8. The summed E-state index contributed by atoms with van der Waals surface area (Å²) in [4.78, 5) is 29.5. The fourth-order valence-corrected chi connectivity index (χ4v) is 4.49. The molecular formula is C19H18N4O2S2. The maximum absolute atomic E-state index is 12.4. The van der Waals surface area contributed by atoms with Gasteiger partial charge in [-0.3, -0.25) is 9.59 Å². The van der Waals surface area contributed by atoms with Gasteiger partial charge < -0.3 is 5.73 Å². The summed E-state index contributed by atoms with van der Waals surface area (Å²) in [5, 5.41) is 5.22. The molecule has 0 bridgehead atoms. The summed E-state index contributed by atoms with van der Waals surface area (Å²) < 4.78 is 1.89. The van der Waals surface area contributed by atoms with Crippen LogP contribution in [0, 0.1) is 0 Å². The number of benzene rings is 1. The second-order valence-electron chi connectivity index (χ2n) is 6.40. The number of amides is 1. The number of hydrogen-bond acceptors (Lipinski definition) is 6. The van der Waals surface area contributed by atoms with E-state index in [4.69, 9.17) is 5.73 Å². The molecule has 1 saturated carbocycles. The molecule has 2 aromatic heterocycles. The van der Waals surface area contributed by atoms with Crippen molar-refractivity contribution in [1.82, 2.24) is 14.8 Å². The summed E-state index contributed by atoms with van der Waals surface area (Å²) in [5.41, 5.74) is 6.18. The number of thiophene rings is 1. The fourth-order valence-electron chi connectivity index (χ4n) is 2.73. The summed E-state index contributed by atoms with van der Waals surface area (Å²) in [6.07, 6.45) is 2.43. The largest absolute Gasteiger partial charge is 0.369 e. The van der Waals surface area contributed by atoms with Crippen molar-refractivity contribution in [3.63, 3.8) is 0 Å². The van der Waals surface area contributed by atoms with E-state index in [1.807, 2.05) is 35.0 Å². The molecule has 1 aromatic carbocycles. The molecule has 0 radical (unpaired) electrons. The number of carbonyl (C=O) groups is 2. The van der Waals surface area contributed by atoms with Crippen molar-refractivity contribution in [2.24, 2.45) is 5.73 Å². The minimum Gasteiger partial charge on any atom is -0.369 e. The van der Waals surface area contributed by atoms with Gasteiger partial charge in [-0.1, -0.05) is 30.0 Å². The Labute approximate surface area is 164 Å². The molecule has 8 heteroatoms. The normalized spacial score (nSPS) is 13.6. The second-order valence-corrected chi connectivity index (χ2v) is 8.51. The fraction of sp³-hybridized carbons (Fsp3) is 0.263. The minimum atomic E-state index is -0.395. The summed E-state index contributed by atoms with van der Waals surface area (Å²) >= 11 is 2.66. The lowest BCUT2D eigenvalue weighted by Gasteiger charge is -2.03. The number of primary amides is 1. The highest BCUT2D eigenvalue weighted by Gasteiger charge is 2.30. The summed E-state index contributed by atoms with van der Waals surface area (Å²) in [6, 6.07) is 13.5. The summed E-state index contributed by atoms with van der Waals surface area (Å²) in [7, 11) is 0.